The third-order valence-corrected chi connectivity index (χ3v) is 6.63. The fourth-order valence-corrected chi connectivity index (χ4v) is 5.10. The highest BCUT2D eigenvalue weighted by atomic mass is 28.4. The zero-order chi connectivity index (χ0) is 11.1. The van der Waals surface area contributed by atoms with Gasteiger partial charge in [0.05, 0.1) is 0 Å². The fraction of sp³-hybridized carbons (Fsp3) is 0.385. The minimum atomic E-state index is -1.88. The molecule has 0 amide bonds. The van der Waals surface area contributed by atoms with Crippen molar-refractivity contribution in [2.75, 3.05) is 6.61 Å². The van der Waals surface area contributed by atoms with Crippen LogP contribution < -0.4 is 5.19 Å². The van der Waals surface area contributed by atoms with Crippen LogP contribution in [0.3, 0.4) is 0 Å². The predicted octanol–water partition coefficient (Wildman–Crippen LogP) is 3.01. The molecule has 0 fully saturated rings. The Kier molecular flexibility index (Phi) is 4.79. The molecule has 0 bridgehead atoms. The van der Waals surface area contributed by atoms with Gasteiger partial charge in [0.25, 0.3) is 0 Å². The van der Waals surface area contributed by atoms with Crippen molar-refractivity contribution in [2.24, 2.45) is 0 Å². The Labute approximate surface area is 93.9 Å². The predicted molar refractivity (Wildman–Crippen MR) is 68.8 cm³/mol. The van der Waals surface area contributed by atoms with E-state index in [-0.39, 0.29) is 0 Å². The van der Waals surface area contributed by atoms with E-state index in [1.54, 1.807) is 0 Å². The maximum absolute atomic E-state index is 6.03. The van der Waals surface area contributed by atoms with Gasteiger partial charge < -0.3 is 4.43 Å². The SMILES string of the molecule is C=C[Si](CCC)(OCC)c1ccccc1. The van der Waals surface area contributed by atoms with Gasteiger partial charge in [-0.2, -0.15) is 0 Å². The lowest BCUT2D eigenvalue weighted by Gasteiger charge is -2.27. The summed E-state index contributed by atoms with van der Waals surface area (Å²) in [6.45, 7) is 9.02. The summed E-state index contributed by atoms with van der Waals surface area (Å²) in [6, 6.07) is 11.7. The monoisotopic (exact) mass is 220 g/mol. The molecule has 1 aromatic carbocycles. The van der Waals surface area contributed by atoms with E-state index in [0.29, 0.717) is 0 Å². The molecule has 0 aliphatic rings. The zero-order valence-electron chi connectivity index (χ0n) is 9.70. The fourth-order valence-electron chi connectivity index (χ4n) is 1.93. The molecule has 0 heterocycles. The van der Waals surface area contributed by atoms with E-state index < -0.39 is 8.32 Å². The Morgan fingerprint density at radius 2 is 1.93 bits per heavy atom. The van der Waals surface area contributed by atoms with E-state index in [1.807, 2.05) is 6.07 Å². The van der Waals surface area contributed by atoms with Crippen LogP contribution in [0.1, 0.15) is 20.3 Å². The van der Waals surface area contributed by atoms with Crippen molar-refractivity contribution in [3.05, 3.63) is 42.6 Å². The maximum atomic E-state index is 6.03. The van der Waals surface area contributed by atoms with E-state index in [1.165, 1.54) is 5.19 Å². The first-order valence-corrected chi connectivity index (χ1v) is 7.81. The number of hydrogen-bond acceptors (Lipinski definition) is 1. The third-order valence-electron chi connectivity index (χ3n) is 2.62. The first kappa shape index (κ1) is 12.2. The quantitative estimate of drug-likeness (QED) is 0.670. The summed E-state index contributed by atoms with van der Waals surface area (Å²) in [5.74, 6) is 0. The molecule has 1 aromatic rings. The van der Waals surface area contributed by atoms with Crippen molar-refractivity contribution < 1.29 is 4.43 Å². The topological polar surface area (TPSA) is 9.23 Å². The van der Waals surface area contributed by atoms with Crippen molar-refractivity contribution in [1.29, 1.82) is 0 Å². The summed E-state index contributed by atoms with van der Waals surface area (Å²) in [5, 5.41) is 1.34. The molecule has 15 heavy (non-hydrogen) atoms. The molecule has 1 rings (SSSR count). The summed E-state index contributed by atoms with van der Waals surface area (Å²) < 4.78 is 6.03. The highest BCUT2D eigenvalue weighted by Crippen LogP contribution is 2.15. The second-order valence-electron chi connectivity index (χ2n) is 3.64. The van der Waals surface area contributed by atoms with Gasteiger partial charge in [-0.1, -0.05) is 49.4 Å². The van der Waals surface area contributed by atoms with Crippen LogP contribution in [0.15, 0.2) is 42.6 Å². The molecule has 1 unspecified atom stereocenters. The van der Waals surface area contributed by atoms with Crippen LogP contribution in [0.5, 0.6) is 0 Å². The van der Waals surface area contributed by atoms with Crippen LogP contribution in [0.25, 0.3) is 0 Å². The minimum absolute atomic E-state index is 0.771. The molecule has 0 saturated heterocycles. The zero-order valence-corrected chi connectivity index (χ0v) is 10.7. The van der Waals surface area contributed by atoms with Gasteiger partial charge in [-0.3, -0.25) is 0 Å². The summed E-state index contributed by atoms with van der Waals surface area (Å²) in [4.78, 5) is 0. The van der Waals surface area contributed by atoms with Crippen LogP contribution in [-0.4, -0.2) is 14.9 Å². The molecule has 0 aromatic heterocycles. The molecular weight excluding hydrogens is 200 g/mol. The van der Waals surface area contributed by atoms with E-state index in [9.17, 15) is 0 Å². The molecule has 2 heteroatoms. The first-order chi connectivity index (χ1) is 7.29. The van der Waals surface area contributed by atoms with Gasteiger partial charge in [0.1, 0.15) is 0 Å². The van der Waals surface area contributed by atoms with Crippen molar-refractivity contribution in [3.63, 3.8) is 0 Å². The summed E-state index contributed by atoms with van der Waals surface area (Å²) >= 11 is 0. The van der Waals surface area contributed by atoms with Gasteiger partial charge in [-0.15, -0.1) is 6.58 Å². The molecule has 0 aliphatic carbocycles. The number of rotatable bonds is 6. The van der Waals surface area contributed by atoms with Crippen LogP contribution in [0, 0.1) is 0 Å². The lowest BCUT2D eigenvalue weighted by atomic mass is 10.4. The van der Waals surface area contributed by atoms with E-state index in [0.717, 1.165) is 19.1 Å². The van der Waals surface area contributed by atoms with Gasteiger partial charge in [0.15, 0.2) is 0 Å². The van der Waals surface area contributed by atoms with E-state index in [4.69, 9.17) is 4.43 Å². The van der Waals surface area contributed by atoms with E-state index in [2.05, 4.69) is 50.4 Å². The van der Waals surface area contributed by atoms with Crippen LogP contribution in [0.4, 0.5) is 0 Å². The van der Waals surface area contributed by atoms with Crippen LogP contribution in [-0.2, 0) is 4.43 Å². The third kappa shape index (κ3) is 2.80. The lowest BCUT2D eigenvalue weighted by Crippen LogP contribution is -2.49. The van der Waals surface area contributed by atoms with Crippen molar-refractivity contribution in [3.8, 4) is 0 Å². The Hall–Kier alpha value is -0.863. The number of hydrogen-bond donors (Lipinski definition) is 0. The van der Waals surface area contributed by atoms with Crippen molar-refractivity contribution >= 4 is 13.5 Å². The standard InChI is InChI=1S/C13H20OSi/c1-4-12-15(6-3,14-5-2)13-10-8-7-9-11-13/h6-11H,3-5,12H2,1-2H3. The van der Waals surface area contributed by atoms with Gasteiger partial charge >= 0.3 is 0 Å². The molecule has 0 saturated carbocycles. The molecule has 1 nitrogen and oxygen atoms in total. The lowest BCUT2D eigenvalue weighted by molar-refractivity contribution is 0.337. The second-order valence-corrected chi connectivity index (χ2v) is 7.20. The van der Waals surface area contributed by atoms with Gasteiger partial charge in [0.2, 0.25) is 8.32 Å². The number of benzene rings is 1. The minimum Gasteiger partial charge on any atom is -0.409 e. The van der Waals surface area contributed by atoms with Crippen LogP contribution in [0.2, 0.25) is 6.04 Å². The highest BCUT2D eigenvalue weighted by molar-refractivity contribution is 6.90. The summed E-state index contributed by atoms with van der Waals surface area (Å²) in [5.41, 5.74) is 2.06. The highest BCUT2D eigenvalue weighted by Gasteiger charge is 2.32. The van der Waals surface area contributed by atoms with Crippen LogP contribution >= 0.6 is 0 Å². The largest absolute Gasteiger partial charge is 0.409 e. The molecule has 0 N–H and O–H groups in total. The average molecular weight is 220 g/mol. The normalized spacial score (nSPS) is 14.5. The summed E-state index contributed by atoms with van der Waals surface area (Å²) in [6.07, 6.45) is 1.15. The van der Waals surface area contributed by atoms with Gasteiger partial charge in [0, 0.05) is 6.61 Å². The average Bonchev–Trinajstić information content (AvgIpc) is 2.30. The van der Waals surface area contributed by atoms with E-state index >= 15 is 0 Å². The Morgan fingerprint density at radius 1 is 1.27 bits per heavy atom. The van der Waals surface area contributed by atoms with Gasteiger partial charge in [-0.25, -0.2) is 0 Å². The summed E-state index contributed by atoms with van der Waals surface area (Å²) in [7, 11) is -1.88. The van der Waals surface area contributed by atoms with Crippen molar-refractivity contribution in [1.82, 2.24) is 0 Å². The van der Waals surface area contributed by atoms with Gasteiger partial charge in [-0.05, 0) is 18.2 Å². The van der Waals surface area contributed by atoms with Crippen molar-refractivity contribution in [2.45, 2.75) is 26.3 Å². The molecule has 0 radical (unpaired) electrons. The molecule has 0 aliphatic heterocycles. The molecule has 1 atom stereocenters. The maximum Gasteiger partial charge on any atom is 0.248 e. The molecular formula is C13H20OSi. The second kappa shape index (κ2) is 5.88. The molecule has 82 valence electrons. The molecule has 0 spiro atoms. The smallest absolute Gasteiger partial charge is 0.248 e. The first-order valence-electron chi connectivity index (χ1n) is 5.62. The Bertz CT molecular complexity index is 289. The Morgan fingerprint density at radius 3 is 2.40 bits per heavy atom. The Balaban J connectivity index is 3.03.